The third kappa shape index (κ3) is 2.28. The van der Waals surface area contributed by atoms with E-state index in [-0.39, 0.29) is 41.5 Å². The van der Waals surface area contributed by atoms with Crippen LogP contribution in [0.1, 0.15) is 46.5 Å². The predicted octanol–water partition coefficient (Wildman–Crippen LogP) is 2.52. The molecular weight excluding hydrogens is 440 g/mol. The second-order valence-electron chi connectivity index (χ2n) is 10.9. The highest BCUT2D eigenvalue weighted by Crippen LogP contribution is 2.72. The number of methoxy groups -OCH3 is 1. The minimum absolute atomic E-state index is 0.0128. The zero-order chi connectivity index (χ0) is 23.6. The van der Waals surface area contributed by atoms with Gasteiger partial charge in [0.25, 0.3) is 0 Å². The number of carbonyl (C=O) groups excluding carboxylic acids is 2. The molecule has 1 aliphatic carbocycles. The van der Waals surface area contributed by atoms with Crippen LogP contribution in [0.5, 0.6) is 0 Å². The smallest absolute Gasteiger partial charge is 0.410 e. The monoisotopic (exact) mass is 472 g/mol. The number of rotatable bonds is 5. The number of hydrogen-bond acceptors (Lipinski definition) is 8. The van der Waals surface area contributed by atoms with Crippen LogP contribution in [0.25, 0.3) is 0 Å². The first-order valence-electron chi connectivity index (χ1n) is 12.7. The summed E-state index contributed by atoms with van der Waals surface area (Å²) in [6.07, 6.45) is 3.76. The van der Waals surface area contributed by atoms with Crippen LogP contribution in [0, 0.1) is 17.8 Å². The Morgan fingerprint density at radius 3 is 2.79 bits per heavy atom. The van der Waals surface area contributed by atoms with E-state index < -0.39 is 11.8 Å². The average Bonchev–Trinajstić information content (AvgIpc) is 3.29. The Kier molecular flexibility index (Phi) is 4.14. The van der Waals surface area contributed by atoms with E-state index in [1.54, 1.807) is 14.0 Å². The number of hydrogen-bond donors (Lipinski definition) is 0. The molecule has 184 valence electrons. The molecule has 1 spiro atoms. The molecule has 0 aromatic rings. The Morgan fingerprint density at radius 1 is 1.29 bits per heavy atom. The molecule has 6 aliphatic heterocycles. The van der Waals surface area contributed by atoms with Crippen molar-refractivity contribution in [1.82, 2.24) is 9.80 Å². The van der Waals surface area contributed by atoms with E-state index >= 15 is 0 Å². The van der Waals surface area contributed by atoms with Gasteiger partial charge >= 0.3 is 12.1 Å². The second kappa shape index (κ2) is 6.69. The standard InChI is InChI=1S/C25H32N2O7/c1-5-31-23(29)26(14-6-7-14)11-24-16-8-9-27(24)15-10-17(24)33-25(16)18(15)12(2)20(34-25)21-19(30-4)13(3)22(28)32-21/h12,14-18H,5-11H2,1-4H3/b21-20-/t12-,15?,16?,17?,18-,24?,25?/m1/s1. The highest BCUT2D eigenvalue weighted by atomic mass is 16.7. The summed E-state index contributed by atoms with van der Waals surface area (Å²) >= 11 is 0. The Labute approximate surface area is 198 Å². The zero-order valence-corrected chi connectivity index (χ0v) is 20.2. The van der Waals surface area contributed by atoms with Gasteiger partial charge in [0.15, 0.2) is 5.76 Å². The Balaban J connectivity index is 1.28. The van der Waals surface area contributed by atoms with Gasteiger partial charge in [0.1, 0.15) is 5.76 Å². The minimum atomic E-state index is -0.756. The summed E-state index contributed by atoms with van der Waals surface area (Å²) < 4.78 is 30.3. The lowest BCUT2D eigenvalue weighted by Gasteiger charge is -2.49. The fourth-order valence-corrected chi connectivity index (χ4v) is 8.21. The molecule has 8 atom stereocenters. The molecule has 9 heteroatoms. The number of carbonyl (C=O) groups is 2. The summed E-state index contributed by atoms with van der Waals surface area (Å²) in [5.74, 6) is 0.659. The molecule has 7 aliphatic rings. The van der Waals surface area contributed by atoms with Gasteiger partial charge in [-0.05, 0) is 46.1 Å². The number of fused-ring (bicyclic) bond motifs is 1. The van der Waals surface area contributed by atoms with E-state index in [1.807, 2.05) is 11.8 Å². The number of allylic oxidation sites excluding steroid dienone is 1. The van der Waals surface area contributed by atoms with Crippen molar-refractivity contribution in [3.63, 3.8) is 0 Å². The maximum Gasteiger partial charge on any atom is 0.410 e. The molecular formula is C25H32N2O7. The van der Waals surface area contributed by atoms with Gasteiger partial charge in [-0.15, -0.1) is 0 Å². The van der Waals surface area contributed by atoms with Gasteiger partial charge in [-0.25, -0.2) is 9.59 Å². The van der Waals surface area contributed by atoms with Crippen LogP contribution < -0.4 is 0 Å². The Hall–Kier alpha value is -2.26. The molecule has 0 aromatic heterocycles. The van der Waals surface area contributed by atoms with Gasteiger partial charge in [0.2, 0.25) is 11.5 Å². The molecule has 6 unspecified atom stereocenters. The maximum atomic E-state index is 12.9. The van der Waals surface area contributed by atoms with Gasteiger partial charge in [0, 0.05) is 30.5 Å². The number of ether oxygens (including phenoxy) is 5. The largest absolute Gasteiger partial charge is 0.492 e. The second-order valence-corrected chi connectivity index (χ2v) is 10.9. The summed E-state index contributed by atoms with van der Waals surface area (Å²) in [7, 11) is 1.55. The minimum Gasteiger partial charge on any atom is -0.492 e. The van der Waals surface area contributed by atoms with Crippen molar-refractivity contribution < 1.29 is 33.3 Å². The first-order chi connectivity index (χ1) is 16.4. The predicted molar refractivity (Wildman–Crippen MR) is 117 cm³/mol. The summed E-state index contributed by atoms with van der Waals surface area (Å²) in [6, 6.07) is 0.568. The highest BCUT2D eigenvalue weighted by Gasteiger charge is 2.84. The topological polar surface area (TPSA) is 86.8 Å². The SMILES string of the molecule is CCOC(=O)N(CC12C3CC4[C@H]5[C@@H](C)/C(=C6/OC(=O)C(C)=C6OC)OC5(O3)C1CCN42)C1CC1. The number of cyclic esters (lactones) is 1. The summed E-state index contributed by atoms with van der Waals surface area (Å²) in [5, 5.41) is 0. The van der Waals surface area contributed by atoms with Crippen LogP contribution in [0.4, 0.5) is 4.79 Å². The summed E-state index contributed by atoms with van der Waals surface area (Å²) in [5.41, 5.74) is 0.206. The van der Waals surface area contributed by atoms with Gasteiger partial charge in [-0.1, -0.05) is 6.92 Å². The lowest BCUT2D eigenvalue weighted by Crippen LogP contribution is -2.65. The lowest BCUT2D eigenvalue weighted by atomic mass is 9.70. The molecule has 6 fully saturated rings. The number of piperidine rings is 1. The summed E-state index contributed by atoms with van der Waals surface area (Å²) in [6.45, 7) is 7.71. The maximum absolute atomic E-state index is 12.9. The van der Waals surface area contributed by atoms with Crippen molar-refractivity contribution in [2.75, 3.05) is 26.8 Å². The molecule has 0 aromatic carbocycles. The molecule has 6 heterocycles. The van der Waals surface area contributed by atoms with Crippen molar-refractivity contribution >= 4 is 12.1 Å². The molecule has 0 radical (unpaired) electrons. The molecule has 34 heavy (non-hydrogen) atoms. The quantitative estimate of drug-likeness (QED) is 0.565. The first kappa shape index (κ1) is 21.1. The highest BCUT2D eigenvalue weighted by molar-refractivity contribution is 5.93. The molecule has 1 amide bonds. The van der Waals surface area contributed by atoms with Crippen LogP contribution in [-0.4, -0.2) is 78.2 Å². The molecule has 5 saturated heterocycles. The van der Waals surface area contributed by atoms with Crippen LogP contribution in [0.15, 0.2) is 22.9 Å². The zero-order valence-electron chi connectivity index (χ0n) is 20.2. The molecule has 1 saturated carbocycles. The van der Waals surface area contributed by atoms with Crippen LogP contribution in [0.3, 0.4) is 0 Å². The Morgan fingerprint density at radius 2 is 2.09 bits per heavy atom. The van der Waals surface area contributed by atoms with E-state index in [0.717, 1.165) is 32.2 Å². The lowest BCUT2D eigenvalue weighted by molar-refractivity contribution is -0.256. The van der Waals surface area contributed by atoms with Gasteiger partial charge < -0.3 is 28.6 Å². The third-order valence-corrected chi connectivity index (χ3v) is 9.51. The molecule has 0 N–H and O–H groups in total. The van der Waals surface area contributed by atoms with Crippen LogP contribution >= 0.6 is 0 Å². The fraction of sp³-hybridized carbons (Fsp3) is 0.760. The van der Waals surface area contributed by atoms with E-state index in [9.17, 15) is 9.59 Å². The van der Waals surface area contributed by atoms with Crippen molar-refractivity contribution in [2.45, 2.75) is 76.0 Å². The molecule has 5 bridgehead atoms. The van der Waals surface area contributed by atoms with Crippen molar-refractivity contribution in [1.29, 1.82) is 0 Å². The van der Waals surface area contributed by atoms with E-state index in [2.05, 4.69) is 11.8 Å². The first-order valence-corrected chi connectivity index (χ1v) is 12.7. The number of amides is 1. The number of esters is 1. The van der Waals surface area contributed by atoms with Crippen LogP contribution in [-0.2, 0) is 28.5 Å². The molecule has 9 nitrogen and oxygen atoms in total. The van der Waals surface area contributed by atoms with E-state index in [1.165, 1.54) is 0 Å². The van der Waals surface area contributed by atoms with E-state index in [0.29, 0.717) is 42.0 Å². The summed E-state index contributed by atoms with van der Waals surface area (Å²) in [4.78, 5) is 29.8. The average molecular weight is 473 g/mol. The fourth-order valence-electron chi connectivity index (χ4n) is 8.21. The molecule has 7 rings (SSSR count). The third-order valence-electron chi connectivity index (χ3n) is 9.51. The van der Waals surface area contributed by atoms with Gasteiger partial charge in [-0.2, -0.15) is 0 Å². The van der Waals surface area contributed by atoms with Crippen molar-refractivity contribution in [2.24, 2.45) is 17.8 Å². The normalized spacial score (nSPS) is 47.2. The van der Waals surface area contributed by atoms with Gasteiger partial charge in [-0.3, -0.25) is 4.90 Å². The van der Waals surface area contributed by atoms with Crippen LogP contribution in [0.2, 0.25) is 0 Å². The van der Waals surface area contributed by atoms with Crippen molar-refractivity contribution in [3.05, 3.63) is 22.9 Å². The van der Waals surface area contributed by atoms with Gasteiger partial charge in [0.05, 0.1) is 36.9 Å². The number of nitrogens with zero attached hydrogens (tertiary/aromatic N) is 2. The Bertz CT molecular complexity index is 1050. The van der Waals surface area contributed by atoms with Crippen molar-refractivity contribution in [3.8, 4) is 0 Å². The van der Waals surface area contributed by atoms with E-state index in [4.69, 9.17) is 23.7 Å².